The van der Waals surface area contributed by atoms with Crippen molar-refractivity contribution in [1.82, 2.24) is 19.6 Å². The Kier molecular flexibility index (Phi) is 3.92. The lowest BCUT2D eigenvalue weighted by Gasteiger charge is -2.42. The second-order valence-electron chi connectivity index (χ2n) is 5.59. The largest absolute Gasteiger partial charge is 0.591 e. The zero-order valence-corrected chi connectivity index (χ0v) is 15.0. The highest BCUT2D eigenvalue weighted by atomic mass is 35.5. The number of nitrogens with zero attached hydrogens (tertiary/aromatic N) is 3. The first-order valence-corrected chi connectivity index (χ1v) is 9.57. The van der Waals surface area contributed by atoms with Crippen molar-refractivity contribution in [3.8, 4) is 10.4 Å². The van der Waals surface area contributed by atoms with Crippen molar-refractivity contribution in [2.24, 2.45) is 0 Å². The molecule has 0 aromatic carbocycles. The summed E-state index contributed by atoms with van der Waals surface area (Å²) >= 11 is 6.54. The van der Waals surface area contributed by atoms with Crippen LogP contribution < -0.4 is 5.32 Å². The summed E-state index contributed by atoms with van der Waals surface area (Å²) < 4.78 is 19.8. The molecule has 2 N–H and O–H groups in total. The molecule has 3 atom stereocenters. The third kappa shape index (κ3) is 2.31. The van der Waals surface area contributed by atoms with Gasteiger partial charge in [0, 0.05) is 29.3 Å². The Morgan fingerprint density at radius 3 is 3.04 bits per heavy atom. The molecule has 24 heavy (non-hydrogen) atoms. The van der Waals surface area contributed by atoms with E-state index < -0.39 is 22.3 Å². The number of thiophene rings is 1. The lowest BCUT2D eigenvalue weighted by molar-refractivity contribution is 0.126. The van der Waals surface area contributed by atoms with Crippen LogP contribution in [0.3, 0.4) is 0 Å². The number of fused-ring (bicyclic) bond motifs is 1. The number of aromatic nitrogens is 2. The lowest BCUT2D eigenvalue weighted by atomic mass is 9.96. The van der Waals surface area contributed by atoms with Crippen molar-refractivity contribution >= 4 is 40.3 Å². The number of rotatable bonds is 2. The number of guanidine groups is 1. The average Bonchev–Trinajstić information content (AvgIpc) is 3.18. The first kappa shape index (κ1) is 16.1. The van der Waals surface area contributed by atoms with E-state index in [-0.39, 0.29) is 5.96 Å². The topological polar surface area (TPSA) is 97.2 Å². The first-order valence-electron chi connectivity index (χ1n) is 7.21. The molecular formula is C14H14ClN5O2S2. The fourth-order valence-corrected chi connectivity index (χ4v) is 6.10. The maximum Gasteiger partial charge on any atom is 0.269 e. The fourth-order valence-electron chi connectivity index (χ4n) is 2.98. The van der Waals surface area contributed by atoms with E-state index in [0.717, 1.165) is 15.3 Å². The Labute approximate surface area is 150 Å². The predicted molar refractivity (Wildman–Crippen MR) is 93.2 cm³/mol. The standard InChI is InChI=1S/C14H14ClN5O2S2/c1-20-13(16)19-14(2-3-22-12(14)24(20)21)11-9(15)4-10(23-11)8-5-17-7-18-6-8/h4-7,12H,2-3H2,1H3,(H2,16,19). The predicted octanol–water partition coefficient (Wildman–Crippen LogP) is 1.93. The van der Waals surface area contributed by atoms with Crippen LogP contribution in [-0.4, -0.2) is 43.9 Å². The van der Waals surface area contributed by atoms with E-state index in [1.165, 1.54) is 22.0 Å². The van der Waals surface area contributed by atoms with Crippen molar-refractivity contribution in [3.05, 3.63) is 34.7 Å². The Morgan fingerprint density at radius 2 is 2.29 bits per heavy atom. The van der Waals surface area contributed by atoms with Crippen molar-refractivity contribution in [3.63, 3.8) is 0 Å². The average molecular weight is 384 g/mol. The van der Waals surface area contributed by atoms with Crippen molar-refractivity contribution in [2.75, 3.05) is 13.7 Å². The van der Waals surface area contributed by atoms with E-state index in [4.69, 9.17) is 21.7 Å². The van der Waals surface area contributed by atoms with Gasteiger partial charge < -0.3 is 14.6 Å². The van der Waals surface area contributed by atoms with Crippen LogP contribution in [0.15, 0.2) is 24.8 Å². The second kappa shape index (κ2) is 5.85. The maximum atomic E-state index is 12.7. The first-order chi connectivity index (χ1) is 11.5. The monoisotopic (exact) mass is 383 g/mol. The van der Waals surface area contributed by atoms with Gasteiger partial charge >= 0.3 is 0 Å². The van der Waals surface area contributed by atoms with E-state index in [1.54, 1.807) is 19.4 Å². The molecule has 4 rings (SSSR count). The molecule has 2 aromatic heterocycles. The van der Waals surface area contributed by atoms with Crippen LogP contribution in [0.25, 0.3) is 10.4 Å². The number of ether oxygens (including phenoxy) is 1. The molecule has 4 heterocycles. The van der Waals surface area contributed by atoms with Gasteiger partial charge in [0.2, 0.25) is 5.96 Å². The zero-order chi connectivity index (χ0) is 16.9. The number of hydrogen-bond donors (Lipinski definition) is 2. The molecule has 2 aromatic rings. The smallest absolute Gasteiger partial charge is 0.269 e. The van der Waals surface area contributed by atoms with Gasteiger partial charge in [-0.3, -0.25) is 5.41 Å². The minimum absolute atomic E-state index is 0.101. The summed E-state index contributed by atoms with van der Waals surface area (Å²) in [4.78, 5) is 9.82. The van der Waals surface area contributed by atoms with E-state index >= 15 is 0 Å². The third-order valence-electron chi connectivity index (χ3n) is 4.21. The van der Waals surface area contributed by atoms with E-state index in [9.17, 15) is 4.55 Å². The summed E-state index contributed by atoms with van der Waals surface area (Å²) in [7, 11) is 1.61. The Balaban J connectivity index is 1.80. The van der Waals surface area contributed by atoms with Gasteiger partial charge in [-0.1, -0.05) is 11.6 Å². The Morgan fingerprint density at radius 1 is 1.54 bits per heavy atom. The summed E-state index contributed by atoms with van der Waals surface area (Å²) in [6, 6.07) is 1.86. The highest BCUT2D eigenvalue weighted by molar-refractivity contribution is 7.90. The van der Waals surface area contributed by atoms with E-state index in [2.05, 4.69) is 15.3 Å². The highest BCUT2D eigenvalue weighted by Gasteiger charge is 2.60. The van der Waals surface area contributed by atoms with E-state index in [0.29, 0.717) is 18.1 Å². The molecule has 0 aliphatic carbocycles. The molecule has 2 saturated heterocycles. The van der Waals surface area contributed by atoms with Crippen molar-refractivity contribution in [1.29, 1.82) is 5.41 Å². The third-order valence-corrected chi connectivity index (χ3v) is 7.61. The summed E-state index contributed by atoms with van der Waals surface area (Å²) in [5.41, 5.74) is -0.455. The fraction of sp³-hybridized carbons (Fsp3) is 0.357. The molecule has 0 saturated carbocycles. The van der Waals surface area contributed by atoms with Crippen LogP contribution in [0.5, 0.6) is 0 Å². The maximum absolute atomic E-state index is 12.7. The van der Waals surface area contributed by atoms with Gasteiger partial charge in [0.05, 0.1) is 23.6 Å². The second-order valence-corrected chi connectivity index (χ2v) is 8.57. The van der Waals surface area contributed by atoms with Gasteiger partial charge in [-0.25, -0.2) is 9.97 Å². The quantitative estimate of drug-likeness (QED) is 0.769. The Hall–Kier alpha value is -1.39. The van der Waals surface area contributed by atoms with Crippen molar-refractivity contribution < 1.29 is 9.29 Å². The van der Waals surface area contributed by atoms with Crippen LogP contribution in [0.2, 0.25) is 5.02 Å². The zero-order valence-electron chi connectivity index (χ0n) is 12.7. The molecule has 2 fully saturated rings. The van der Waals surface area contributed by atoms with Crippen LogP contribution in [0.1, 0.15) is 11.3 Å². The highest BCUT2D eigenvalue weighted by Crippen LogP contribution is 2.49. The molecule has 7 nitrogen and oxygen atoms in total. The molecule has 0 radical (unpaired) electrons. The van der Waals surface area contributed by atoms with Crippen LogP contribution >= 0.6 is 22.9 Å². The van der Waals surface area contributed by atoms with Gasteiger partial charge in [-0.2, -0.15) is 4.31 Å². The van der Waals surface area contributed by atoms with Gasteiger partial charge in [-0.05, 0) is 6.07 Å². The number of hydrogen-bond acceptors (Lipinski definition) is 6. The van der Waals surface area contributed by atoms with Crippen molar-refractivity contribution in [2.45, 2.75) is 17.4 Å². The van der Waals surface area contributed by atoms with E-state index in [1.807, 2.05) is 6.07 Å². The van der Waals surface area contributed by atoms with Crippen LogP contribution in [0, 0.1) is 5.41 Å². The molecule has 126 valence electrons. The van der Waals surface area contributed by atoms with Gasteiger partial charge in [-0.15, -0.1) is 11.3 Å². The Bertz CT molecular complexity index is 789. The number of nitrogens with one attached hydrogen (secondary N) is 2. The van der Waals surface area contributed by atoms with Crippen LogP contribution in [-0.2, 0) is 21.6 Å². The number of halogens is 1. The minimum atomic E-state index is -1.46. The SMILES string of the molecule is CN1C(=N)NC2(c3sc(-c4cncnc4)cc3Cl)CCOC2[S+]1[O-]. The molecule has 10 heteroatoms. The normalized spacial score (nSPS) is 29.5. The lowest BCUT2D eigenvalue weighted by Crippen LogP contribution is -2.65. The summed E-state index contributed by atoms with van der Waals surface area (Å²) in [5, 5.41) is 11.8. The molecular weight excluding hydrogens is 370 g/mol. The van der Waals surface area contributed by atoms with Crippen LogP contribution in [0.4, 0.5) is 0 Å². The summed E-state index contributed by atoms with van der Waals surface area (Å²) in [6.45, 7) is 0.461. The minimum Gasteiger partial charge on any atom is -0.591 e. The molecule has 0 amide bonds. The summed E-state index contributed by atoms with van der Waals surface area (Å²) in [5.74, 6) is 0.101. The molecule has 0 bridgehead atoms. The summed E-state index contributed by atoms with van der Waals surface area (Å²) in [6.07, 6.45) is 5.52. The molecule has 2 aliphatic rings. The molecule has 3 unspecified atom stereocenters. The van der Waals surface area contributed by atoms with Gasteiger partial charge in [0.25, 0.3) is 5.44 Å². The molecule has 0 spiro atoms. The van der Waals surface area contributed by atoms with Gasteiger partial charge in [0.15, 0.2) is 5.54 Å². The van der Waals surface area contributed by atoms with Gasteiger partial charge in [0.1, 0.15) is 17.7 Å². The molecule has 2 aliphatic heterocycles.